The molecule has 4 atom stereocenters. The summed E-state index contributed by atoms with van der Waals surface area (Å²) in [6.07, 6.45) is -5.77. The number of carboxylic acid groups (broad SMARTS) is 4. The van der Waals surface area contributed by atoms with Crippen LogP contribution in [0.3, 0.4) is 0 Å². The van der Waals surface area contributed by atoms with E-state index in [1.54, 1.807) is 24.3 Å². The molecule has 2 heterocycles. The van der Waals surface area contributed by atoms with Gasteiger partial charge in [0.25, 0.3) is 0 Å². The van der Waals surface area contributed by atoms with E-state index in [1.807, 2.05) is 97.5 Å². The average Bonchev–Trinajstić information content (AvgIpc) is 3.83. The third-order valence-electron chi connectivity index (χ3n) is 11.8. The second kappa shape index (κ2) is 26.6. The molecule has 14 nitrogen and oxygen atoms in total. The molecule has 0 aliphatic heterocycles. The van der Waals surface area contributed by atoms with Crippen LogP contribution in [0.4, 0.5) is 8.78 Å². The van der Waals surface area contributed by atoms with Crippen LogP contribution in [0, 0.1) is 11.6 Å². The van der Waals surface area contributed by atoms with Crippen LogP contribution in [0.2, 0.25) is 0 Å². The molecule has 2 aromatic heterocycles. The first kappa shape index (κ1) is 57.9. The van der Waals surface area contributed by atoms with Crippen molar-refractivity contribution in [1.82, 2.24) is 9.13 Å². The van der Waals surface area contributed by atoms with E-state index in [0.29, 0.717) is 56.2 Å². The number of nitrogens with zero attached hydrogens (tertiary/aromatic N) is 2. The van der Waals surface area contributed by atoms with E-state index in [-0.39, 0.29) is 99.5 Å². The van der Waals surface area contributed by atoms with Gasteiger partial charge in [-0.3, -0.25) is 0 Å². The minimum atomic E-state index is -1.41. The molecular formula is C54H58CaF2N2O12. The molecule has 0 unspecified atom stereocenters. The van der Waals surface area contributed by atoms with Crippen molar-refractivity contribution < 1.29 is 68.8 Å². The largest absolute Gasteiger partial charge is 2.00 e. The van der Waals surface area contributed by atoms with Crippen molar-refractivity contribution in [2.45, 2.75) is 116 Å². The third-order valence-corrected chi connectivity index (χ3v) is 11.8. The summed E-state index contributed by atoms with van der Waals surface area (Å²) < 4.78 is 31.1. The smallest absolute Gasteiger partial charge is 0.550 e. The predicted octanol–water partition coefficient (Wildman–Crippen LogP) is 6.47. The van der Waals surface area contributed by atoms with Crippen LogP contribution in [-0.2, 0) is 22.7 Å². The maximum Gasteiger partial charge on any atom is 2.00 e. The Bertz CT molecular complexity index is 2540. The number of aromatic nitrogens is 2. The maximum absolute atomic E-state index is 13.7. The zero-order chi connectivity index (χ0) is 51.4. The van der Waals surface area contributed by atoms with Crippen molar-refractivity contribution in [3.05, 3.63) is 143 Å². The number of aromatic carboxylic acids is 2. The second-order valence-electron chi connectivity index (χ2n) is 17.8. The van der Waals surface area contributed by atoms with Gasteiger partial charge in [0, 0.05) is 60.4 Å². The normalized spacial score (nSPS) is 12.9. The second-order valence-corrected chi connectivity index (χ2v) is 17.8. The van der Waals surface area contributed by atoms with Crippen molar-refractivity contribution in [2.24, 2.45) is 0 Å². The summed E-state index contributed by atoms with van der Waals surface area (Å²) in [5.74, 6) is -6.25. The van der Waals surface area contributed by atoms with E-state index in [0.717, 1.165) is 0 Å². The number of hydrogen-bond donors (Lipinski definition) is 6. The fourth-order valence-electron chi connectivity index (χ4n) is 8.93. The van der Waals surface area contributed by atoms with Crippen molar-refractivity contribution in [2.75, 3.05) is 0 Å². The van der Waals surface area contributed by atoms with E-state index in [9.17, 15) is 68.8 Å². The predicted molar refractivity (Wildman–Crippen MR) is 260 cm³/mol. The molecule has 0 spiro atoms. The first-order valence-corrected chi connectivity index (χ1v) is 22.9. The molecule has 17 heteroatoms. The molecule has 6 aromatic rings. The SMILES string of the molecule is CC(C)c1c(C(=O)O)c(-c2ccccc2)c(-c2ccc(F)cc2)n1CC[C@@H](O)C[C@@H](O)CC(=O)[O-].CC(C)c1c(C(=O)O)c(-c2ccccc2)c(-c2ccc(F)cc2)n1CC[C@@H](O)C[C@@H](O)CC(=O)[O-].[Ca+2]. The first-order chi connectivity index (χ1) is 33.2. The number of aliphatic hydroxyl groups excluding tert-OH is 4. The molecule has 0 fully saturated rings. The summed E-state index contributed by atoms with van der Waals surface area (Å²) in [7, 11) is 0. The fourth-order valence-corrected chi connectivity index (χ4v) is 8.93. The number of hydrogen-bond acceptors (Lipinski definition) is 10. The third kappa shape index (κ3) is 15.2. The van der Waals surface area contributed by atoms with Gasteiger partial charge in [-0.05, 0) is 108 Å². The molecule has 4 aromatic carbocycles. The van der Waals surface area contributed by atoms with E-state index >= 15 is 0 Å². The van der Waals surface area contributed by atoms with Crippen LogP contribution in [0.1, 0.15) is 110 Å². The summed E-state index contributed by atoms with van der Waals surface area (Å²) in [6.45, 7) is 7.91. The summed E-state index contributed by atoms with van der Waals surface area (Å²) >= 11 is 0. The Morgan fingerprint density at radius 3 is 1.07 bits per heavy atom. The molecule has 0 saturated heterocycles. The zero-order valence-corrected chi connectivity index (χ0v) is 42.2. The van der Waals surface area contributed by atoms with Gasteiger partial charge in [0.05, 0.1) is 46.9 Å². The number of halogens is 2. The van der Waals surface area contributed by atoms with Crippen LogP contribution < -0.4 is 10.2 Å². The number of carbonyl (C=O) groups is 4. The van der Waals surface area contributed by atoms with Crippen LogP contribution in [0.15, 0.2) is 109 Å². The quantitative estimate of drug-likeness (QED) is 0.0401. The van der Waals surface area contributed by atoms with Gasteiger partial charge >= 0.3 is 49.7 Å². The summed E-state index contributed by atoms with van der Waals surface area (Å²) in [5.41, 5.74) is 6.16. The topological polar surface area (TPSA) is 246 Å². The Morgan fingerprint density at radius 1 is 0.493 bits per heavy atom. The number of benzene rings is 4. The average molecular weight is 1010 g/mol. The van der Waals surface area contributed by atoms with Gasteiger partial charge in [-0.1, -0.05) is 88.4 Å². The van der Waals surface area contributed by atoms with Gasteiger partial charge in [0.1, 0.15) is 11.6 Å². The van der Waals surface area contributed by atoms with E-state index < -0.39 is 72.8 Å². The number of carbonyl (C=O) groups excluding carboxylic acids is 2. The van der Waals surface area contributed by atoms with Crippen molar-refractivity contribution in [3.8, 4) is 44.8 Å². The number of rotatable bonds is 22. The first-order valence-electron chi connectivity index (χ1n) is 22.9. The van der Waals surface area contributed by atoms with E-state index in [2.05, 4.69) is 0 Å². The van der Waals surface area contributed by atoms with Gasteiger partial charge in [-0.15, -0.1) is 0 Å². The molecule has 0 aliphatic rings. The Kier molecular flexibility index (Phi) is 21.7. The van der Waals surface area contributed by atoms with Gasteiger partial charge in [-0.2, -0.15) is 0 Å². The molecule has 0 saturated carbocycles. The maximum atomic E-state index is 13.7. The van der Waals surface area contributed by atoms with Crippen molar-refractivity contribution in [3.63, 3.8) is 0 Å². The number of aliphatic carboxylic acids is 2. The fraction of sp³-hybridized carbons (Fsp3) is 0.333. The van der Waals surface area contributed by atoms with Gasteiger partial charge < -0.3 is 59.6 Å². The van der Waals surface area contributed by atoms with Gasteiger partial charge in [-0.25, -0.2) is 18.4 Å². The molecule has 372 valence electrons. The molecule has 71 heavy (non-hydrogen) atoms. The Hall–Kier alpha value is -5.72. The summed E-state index contributed by atoms with van der Waals surface area (Å²) in [6, 6.07) is 29.7. The number of aliphatic hydroxyl groups is 4. The minimum Gasteiger partial charge on any atom is -0.550 e. The molecular weight excluding hydrogens is 947 g/mol. The molecule has 0 amide bonds. The Labute approximate surface area is 440 Å². The molecule has 0 radical (unpaired) electrons. The summed E-state index contributed by atoms with van der Waals surface area (Å²) in [4.78, 5) is 46.5. The standard InChI is InChI=1S/2C27H30FNO6.Ca/c2*1-16(2)25-24(27(34)35)23(17-6-4-3-5-7-17)26(18-8-10-19(28)11-9-18)29(25)13-12-20(30)14-21(31)15-22(32)33;/h2*3-11,16,20-21,30-31H,12-15H2,1-2H3,(H,32,33)(H,34,35);/q;;+2/p-2/t2*20-,21-;/m11./s1. The van der Waals surface area contributed by atoms with Crippen molar-refractivity contribution >= 4 is 61.6 Å². The van der Waals surface area contributed by atoms with Gasteiger partial charge in [0.15, 0.2) is 0 Å². The molecule has 0 aliphatic carbocycles. The van der Waals surface area contributed by atoms with Crippen LogP contribution >= 0.6 is 0 Å². The number of carboxylic acids is 4. The van der Waals surface area contributed by atoms with Crippen LogP contribution in [-0.4, -0.2) is 126 Å². The van der Waals surface area contributed by atoms with Crippen LogP contribution in [0.25, 0.3) is 44.8 Å². The Morgan fingerprint density at radius 2 is 0.803 bits per heavy atom. The van der Waals surface area contributed by atoms with Crippen LogP contribution in [0.5, 0.6) is 0 Å². The summed E-state index contributed by atoms with van der Waals surface area (Å²) in [5, 5.41) is 82.6. The zero-order valence-electron chi connectivity index (χ0n) is 40.0. The molecule has 6 N–H and O–H groups in total. The van der Waals surface area contributed by atoms with Gasteiger partial charge in [0.2, 0.25) is 0 Å². The minimum absolute atomic E-state index is 0. The van der Waals surface area contributed by atoms with E-state index in [4.69, 9.17) is 0 Å². The molecule has 0 bridgehead atoms. The molecule has 6 rings (SSSR count). The van der Waals surface area contributed by atoms with Crippen molar-refractivity contribution in [1.29, 1.82) is 0 Å². The van der Waals surface area contributed by atoms with E-state index in [1.165, 1.54) is 24.3 Å². The Balaban J connectivity index is 0.000000304. The monoisotopic (exact) mass is 1000 g/mol.